The predicted octanol–water partition coefficient (Wildman–Crippen LogP) is 2.50. The van der Waals surface area contributed by atoms with E-state index >= 15 is 0 Å². The second-order valence-electron chi connectivity index (χ2n) is 3.12. The molecule has 2 nitrogen and oxygen atoms in total. The molecule has 13 heavy (non-hydrogen) atoms. The van der Waals surface area contributed by atoms with Crippen molar-refractivity contribution < 1.29 is 4.74 Å². The second kappa shape index (κ2) is 2.39. The van der Waals surface area contributed by atoms with Crippen LogP contribution in [-0.4, -0.2) is 11.2 Å². The highest BCUT2D eigenvalue weighted by atomic mass is 16.5. The molecule has 2 heteroatoms. The summed E-state index contributed by atoms with van der Waals surface area (Å²) < 4.78 is 7.57. The fourth-order valence-electron chi connectivity index (χ4n) is 1.70. The SMILES string of the molecule is C1=Cn2cc3ccccc3c2OC1. The molecule has 0 radical (unpaired) electrons. The number of nitrogens with zero attached hydrogens (tertiary/aromatic N) is 1. The van der Waals surface area contributed by atoms with Crippen molar-refractivity contribution in [2.75, 3.05) is 6.61 Å². The zero-order valence-corrected chi connectivity index (χ0v) is 7.10. The molecule has 0 atom stereocenters. The summed E-state index contributed by atoms with van der Waals surface area (Å²) in [5.41, 5.74) is 0. The Kier molecular flexibility index (Phi) is 1.25. The standard InChI is InChI=1S/C11H9NO/c1-2-5-10-9(4-1)8-12-6-3-7-13-11(10)12/h1-6,8H,7H2. The lowest BCUT2D eigenvalue weighted by Gasteiger charge is -2.10. The molecule has 0 saturated heterocycles. The van der Waals surface area contributed by atoms with Crippen LogP contribution in [0.4, 0.5) is 0 Å². The molecule has 0 spiro atoms. The average Bonchev–Trinajstić information content (AvgIpc) is 2.56. The molecule has 1 aliphatic rings. The normalized spacial score (nSPS) is 14.2. The van der Waals surface area contributed by atoms with Gasteiger partial charge >= 0.3 is 0 Å². The van der Waals surface area contributed by atoms with Gasteiger partial charge < -0.3 is 4.74 Å². The van der Waals surface area contributed by atoms with Crippen LogP contribution >= 0.6 is 0 Å². The Morgan fingerprint density at radius 2 is 2.15 bits per heavy atom. The number of hydrogen-bond donors (Lipinski definition) is 0. The van der Waals surface area contributed by atoms with Crippen LogP contribution in [0.25, 0.3) is 17.0 Å². The Labute approximate surface area is 76.0 Å². The zero-order chi connectivity index (χ0) is 8.67. The van der Waals surface area contributed by atoms with Gasteiger partial charge in [0.25, 0.3) is 0 Å². The Balaban J connectivity index is 2.41. The molecule has 0 unspecified atom stereocenters. The van der Waals surface area contributed by atoms with E-state index in [1.54, 1.807) is 0 Å². The Morgan fingerprint density at radius 1 is 1.23 bits per heavy atom. The van der Waals surface area contributed by atoms with Gasteiger partial charge in [0, 0.05) is 23.2 Å². The average molecular weight is 171 g/mol. The van der Waals surface area contributed by atoms with Crippen LogP contribution in [0.2, 0.25) is 0 Å². The van der Waals surface area contributed by atoms with Gasteiger partial charge in [0.1, 0.15) is 6.61 Å². The number of rotatable bonds is 0. The zero-order valence-electron chi connectivity index (χ0n) is 7.10. The molecule has 0 N–H and O–H groups in total. The van der Waals surface area contributed by atoms with Gasteiger partial charge in [-0.3, -0.25) is 4.57 Å². The minimum atomic E-state index is 0.675. The van der Waals surface area contributed by atoms with E-state index in [1.165, 1.54) is 10.8 Å². The van der Waals surface area contributed by atoms with Crippen molar-refractivity contribution >= 4 is 17.0 Å². The van der Waals surface area contributed by atoms with Crippen LogP contribution < -0.4 is 4.74 Å². The van der Waals surface area contributed by atoms with E-state index in [1.807, 2.05) is 29.0 Å². The van der Waals surface area contributed by atoms with E-state index in [9.17, 15) is 0 Å². The highest BCUT2D eigenvalue weighted by Crippen LogP contribution is 2.29. The molecule has 3 rings (SSSR count). The number of benzene rings is 1. The lowest BCUT2D eigenvalue weighted by atomic mass is 10.2. The maximum Gasteiger partial charge on any atom is 0.206 e. The van der Waals surface area contributed by atoms with Crippen molar-refractivity contribution in [2.45, 2.75) is 0 Å². The molecular formula is C11H9NO. The fourth-order valence-corrected chi connectivity index (χ4v) is 1.70. The minimum Gasteiger partial charge on any atom is -0.474 e. The molecule has 0 bridgehead atoms. The summed E-state index contributed by atoms with van der Waals surface area (Å²) >= 11 is 0. The first-order valence-electron chi connectivity index (χ1n) is 4.34. The lowest BCUT2D eigenvalue weighted by Crippen LogP contribution is -2.03. The van der Waals surface area contributed by atoms with Gasteiger partial charge in [-0.1, -0.05) is 18.2 Å². The van der Waals surface area contributed by atoms with Gasteiger partial charge in [0.05, 0.1) is 0 Å². The van der Waals surface area contributed by atoms with Crippen LogP contribution in [0.5, 0.6) is 5.88 Å². The smallest absolute Gasteiger partial charge is 0.206 e. The van der Waals surface area contributed by atoms with Crippen LogP contribution in [0, 0.1) is 0 Å². The van der Waals surface area contributed by atoms with Crippen molar-refractivity contribution in [3.05, 3.63) is 36.5 Å². The minimum absolute atomic E-state index is 0.675. The largest absolute Gasteiger partial charge is 0.474 e. The number of aromatic nitrogens is 1. The van der Waals surface area contributed by atoms with Gasteiger partial charge in [0.15, 0.2) is 0 Å². The third kappa shape index (κ3) is 0.886. The Morgan fingerprint density at radius 3 is 3.15 bits per heavy atom. The molecule has 0 saturated carbocycles. The summed E-state index contributed by atoms with van der Waals surface area (Å²) in [6.07, 6.45) is 6.13. The summed E-state index contributed by atoms with van der Waals surface area (Å²) in [5.74, 6) is 0.957. The first kappa shape index (κ1) is 6.78. The lowest BCUT2D eigenvalue weighted by molar-refractivity contribution is 0.340. The monoisotopic (exact) mass is 171 g/mol. The Hall–Kier alpha value is -1.70. The summed E-state index contributed by atoms with van der Waals surface area (Å²) in [7, 11) is 0. The van der Waals surface area contributed by atoms with Gasteiger partial charge in [-0.15, -0.1) is 0 Å². The van der Waals surface area contributed by atoms with Crippen molar-refractivity contribution in [1.82, 2.24) is 4.57 Å². The van der Waals surface area contributed by atoms with Crippen LogP contribution in [0.3, 0.4) is 0 Å². The third-order valence-corrected chi connectivity index (χ3v) is 2.29. The van der Waals surface area contributed by atoms with Crippen molar-refractivity contribution in [3.8, 4) is 5.88 Å². The molecular weight excluding hydrogens is 162 g/mol. The number of fused-ring (bicyclic) bond motifs is 3. The molecule has 0 fully saturated rings. The van der Waals surface area contributed by atoms with E-state index in [4.69, 9.17) is 4.74 Å². The first-order chi connectivity index (χ1) is 6.45. The topological polar surface area (TPSA) is 14.2 Å². The number of hydrogen-bond acceptors (Lipinski definition) is 1. The van der Waals surface area contributed by atoms with Gasteiger partial charge in [-0.05, 0) is 12.1 Å². The maximum absolute atomic E-state index is 5.55. The molecule has 0 amide bonds. The van der Waals surface area contributed by atoms with Gasteiger partial charge in [-0.2, -0.15) is 0 Å². The van der Waals surface area contributed by atoms with Crippen LogP contribution in [0.1, 0.15) is 0 Å². The van der Waals surface area contributed by atoms with Crippen molar-refractivity contribution in [1.29, 1.82) is 0 Å². The van der Waals surface area contributed by atoms with E-state index in [-0.39, 0.29) is 0 Å². The van der Waals surface area contributed by atoms with Gasteiger partial charge in [-0.25, -0.2) is 0 Å². The summed E-state index contributed by atoms with van der Waals surface area (Å²) in [6, 6.07) is 8.25. The van der Waals surface area contributed by atoms with Crippen LogP contribution in [-0.2, 0) is 0 Å². The van der Waals surface area contributed by atoms with Crippen LogP contribution in [0.15, 0.2) is 36.5 Å². The molecule has 1 aromatic carbocycles. The molecule has 64 valence electrons. The fraction of sp³-hybridized carbons (Fsp3) is 0.0909. The molecule has 1 aliphatic heterocycles. The quantitative estimate of drug-likeness (QED) is 0.594. The molecule has 2 aromatic rings. The van der Waals surface area contributed by atoms with Gasteiger partial charge in [0.2, 0.25) is 5.88 Å². The highest BCUT2D eigenvalue weighted by molar-refractivity contribution is 5.89. The second-order valence-corrected chi connectivity index (χ2v) is 3.12. The summed E-state index contributed by atoms with van der Waals surface area (Å²) in [5, 5.41) is 2.41. The number of ether oxygens (including phenoxy) is 1. The predicted molar refractivity (Wildman–Crippen MR) is 52.8 cm³/mol. The third-order valence-electron chi connectivity index (χ3n) is 2.29. The highest BCUT2D eigenvalue weighted by Gasteiger charge is 2.09. The van der Waals surface area contributed by atoms with E-state index in [0.29, 0.717) is 6.61 Å². The van der Waals surface area contributed by atoms with Crippen molar-refractivity contribution in [2.24, 2.45) is 0 Å². The van der Waals surface area contributed by atoms with E-state index in [2.05, 4.69) is 18.3 Å². The molecule has 0 aliphatic carbocycles. The van der Waals surface area contributed by atoms with E-state index in [0.717, 1.165) is 5.88 Å². The summed E-state index contributed by atoms with van der Waals surface area (Å²) in [4.78, 5) is 0. The maximum atomic E-state index is 5.55. The molecule has 1 aromatic heterocycles. The summed E-state index contributed by atoms with van der Waals surface area (Å²) in [6.45, 7) is 0.675. The van der Waals surface area contributed by atoms with E-state index < -0.39 is 0 Å². The molecule has 2 heterocycles. The first-order valence-corrected chi connectivity index (χ1v) is 4.34. The Bertz CT molecular complexity index is 482. The van der Waals surface area contributed by atoms with Crippen molar-refractivity contribution in [3.63, 3.8) is 0 Å².